The summed E-state index contributed by atoms with van der Waals surface area (Å²) in [5.74, 6) is 0.843. The maximum atomic E-state index is 5.64. The van der Waals surface area contributed by atoms with E-state index >= 15 is 0 Å². The van der Waals surface area contributed by atoms with Gasteiger partial charge >= 0.3 is 0 Å². The summed E-state index contributed by atoms with van der Waals surface area (Å²) in [5, 5.41) is 0.628. The molecule has 6 heteroatoms. The maximum absolute atomic E-state index is 5.64. The topological polar surface area (TPSA) is 51.8 Å². The van der Waals surface area contributed by atoms with Crippen LogP contribution in [0.25, 0.3) is 0 Å². The quantitative estimate of drug-likeness (QED) is 0.881. The largest absolute Gasteiger partial charge is 0.375 e. The summed E-state index contributed by atoms with van der Waals surface area (Å²) < 4.78 is 2.17. The summed E-state index contributed by atoms with van der Waals surface area (Å²) in [6.07, 6.45) is 1.81. The molecule has 2 N–H and O–H groups in total. The Bertz CT molecular complexity index is 481. The van der Waals surface area contributed by atoms with Gasteiger partial charge in [0.1, 0.15) is 0 Å². The molecule has 2 heterocycles. The van der Waals surface area contributed by atoms with Crippen LogP contribution in [0.15, 0.2) is 27.0 Å². The minimum atomic E-state index is 0.628. The maximum Gasteiger partial charge on any atom is 0.181 e. The van der Waals surface area contributed by atoms with Crippen molar-refractivity contribution in [3.05, 3.63) is 34.2 Å². The third-order valence-electron chi connectivity index (χ3n) is 1.91. The standard InChI is InChI=1S/C10H10BrN3S2/c1-6-9(16-10(12)14-6)15-5-8-3-2-7(11)4-13-8/h2-4H,5H2,1H3,(H2,12,14). The Balaban J connectivity index is 2.02. The summed E-state index contributed by atoms with van der Waals surface area (Å²) in [4.78, 5) is 8.50. The SMILES string of the molecule is Cc1nc(N)sc1SCc1ccc(Br)cn1. The molecule has 0 amide bonds. The van der Waals surface area contributed by atoms with Gasteiger partial charge in [-0.05, 0) is 35.0 Å². The van der Waals surface area contributed by atoms with Crippen molar-refractivity contribution in [3.63, 3.8) is 0 Å². The first-order valence-corrected chi connectivity index (χ1v) is 7.21. The number of anilines is 1. The molecule has 0 unspecified atom stereocenters. The van der Waals surface area contributed by atoms with Crippen LogP contribution in [-0.4, -0.2) is 9.97 Å². The third-order valence-corrected chi connectivity index (χ3v) is 4.76. The van der Waals surface area contributed by atoms with Crippen LogP contribution in [0.2, 0.25) is 0 Å². The average molecular weight is 316 g/mol. The molecule has 0 saturated heterocycles. The lowest BCUT2D eigenvalue weighted by Crippen LogP contribution is -1.85. The summed E-state index contributed by atoms with van der Waals surface area (Å²) in [5.41, 5.74) is 7.70. The second-order valence-electron chi connectivity index (χ2n) is 3.18. The highest BCUT2D eigenvalue weighted by atomic mass is 79.9. The van der Waals surface area contributed by atoms with Gasteiger partial charge in [-0.1, -0.05) is 11.3 Å². The Labute approximate surface area is 111 Å². The van der Waals surface area contributed by atoms with Crippen LogP contribution in [0.4, 0.5) is 5.13 Å². The Morgan fingerprint density at radius 1 is 1.50 bits per heavy atom. The summed E-state index contributed by atoms with van der Waals surface area (Å²) in [6.45, 7) is 1.98. The molecule has 0 aliphatic rings. The number of thioether (sulfide) groups is 1. The lowest BCUT2D eigenvalue weighted by Gasteiger charge is -1.99. The fourth-order valence-electron chi connectivity index (χ4n) is 1.17. The van der Waals surface area contributed by atoms with E-state index in [0.717, 1.165) is 21.6 Å². The molecular weight excluding hydrogens is 306 g/mol. The van der Waals surface area contributed by atoms with Crippen LogP contribution in [0.5, 0.6) is 0 Å². The molecule has 2 aromatic rings. The molecule has 0 fully saturated rings. The molecule has 0 aromatic carbocycles. The molecule has 2 aromatic heterocycles. The van der Waals surface area contributed by atoms with Crippen molar-refractivity contribution < 1.29 is 0 Å². The Kier molecular flexibility index (Phi) is 3.83. The van der Waals surface area contributed by atoms with Gasteiger partial charge in [-0.2, -0.15) is 0 Å². The third kappa shape index (κ3) is 2.96. The van der Waals surface area contributed by atoms with E-state index in [4.69, 9.17) is 5.73 Å². The van der Waals surface area contributed by atoms with Gasteiger partial charge in [0, 0.05) is 16.4 Å². The number of hydrogen-bond donors (Lipinski definition) is 1. The second-order valence-corrected chi connectivity index (χ2v) is 6.37. The van der Waals surface area contributed by atoms with Crippen molar-refractivity contribution in [3.8, 4) is 0 Å². The van der Waals surface area contributed by atoms with E-state index in [1.807, 2.05) is 25.3 Å². The molecule has 3 nitrogen and oxygen atoms in total. The minimum Gasteiger partial charge on any atom is -0.375 e. The highest BCUT2D eigenvalue weighted by Gasteiger charge is 2.06. The lowest BCUT2D eigenvalue weighted by molar-refractivity contribution is 1.16. The minimum absolute atomic E-state index is 0.628. The average Bonchev–Trinajstić information content (AvgIpc) is 2.57. The predicted octanol–water partition coefficient (Wildman–Crippen LogP) is 3.48. The fourth-order valence-corrected chi connectivity index (χ4v) is 3.34. The van der Waals surface area contributed by atoms with Crippen molar-refractivity contribution in [2.45, 2.75) is 16.9 Å². The van der Waals surface area contributed by atoms with Crippen molar-refractivity contribution >= 4 is 44.2 Å². The highest BCUT2D eigenvalue weighted by Crippen LogP contribution is 2.32. The number of rotatable bonds is 3. The number of halogens is 1. The van der Waals surface area contributed by atoms with Crippen LogP contribution in [0.1, 0.15) is 11.4 Å². The van der Waals surface area contributed by atoms with Crippen LogP contribution >= 0.6 is 39.0 Å². The molecule has 0 saturated carbocycles. The van der Waals surface area contributed by atoms with Crippen LogP contribution in [0, 0.1) is 6.92 Å². The lowest BCUT2D eigenvalue weighted by atomic mass is 10.4. The van der Waals surface area contributed by atoms with E-state index in [1.54, 1.807) is 11.8 Å². The number of nitrogens with zero attached hydrogens (tertiary/aromatic N) is 2. The van der Waals surface area contributed by atoms with Gasteiger partial charge in [-0.15, -0.1) is 11.8 Å². The van der Waals surface area contributed by atoms with Crippen LogP contribution in [0.3, 0.4) is 0 Å². The first kappa shape index (κ1) is 11.9. The van der Waals surface area contributed by atoms with Gasteiger partial charge in [-0.3, -0.25) is 4.98 Å². The van der Waals surface area contributed by atoms with E-state index in [0.29, 0.717) is 5.13 Å². The van der Waals surface area contributed by atoms with E-state index in [9.17, 15) is 0 Å². The van der Waals surface area contributed by atoms with Gasteiger partial charge < -0.3 is 5.73 Å². The molecule has 16 heavy (non-hydrogen) atoms. The molecule has 2 rings (SSSR count). The Hall–Kier alpha value is -0.590. The molecule has 0 spiro atoms. The smallest absolute Gasteiger partial charge is 0.181 e. The van der Waals surface area contributed by atoms with Gasteiger partial charge in [0.15, 0.2) is 5.13 Å². The highest BCUT2D eigenvalue weighted by molar-refractivity contribution is 9.10. The molecule has 0 aliphatic heterocycles. The van der Waals surface area contributed by atoms with E-state index in [1.165, 1.54) is 15.5 Å². The first-order valence-electron chi connectivity index (χ1n) is 4.61. The van der Waals surface area contributed by atoms with Crippen molar-refractivity contribution in [1.29, 1.82) is 0 Å². The number of nitrogen functional groups attached to an aromatic ring is 1. The van der Waals surface area contributed by atoms with E-state index in [2.05, 4.69) is 25.9 Å². The zero-order valence-electron chi connectivity index (χ0n) is 8.61. The normalized spacial score (nSPS) is 10.6. The van der Waals surface area contributed by atoms with Gasteiger partial charge in [0.25, 0.3) is 0 Å². The van der Waals surface area contributed by atoms with Gasteiger partial charge in [0.05, 0.1) is 15.6 Å². The summed E-state index contributed by atoms with van der Waals surface area (Å²) in [6, 6.07) is 4.01. The number of thiazole rings is 1. The molecule has 0 bridgehead atoms. The van der Waals surface area contributed by atoms with E-state index in [-0.39, 0.29) is 0 Å². The molecule has 84 valence electrons. The van der Waals surface area contributed by atoms with Gasteiger partial charge in [0.2, 0.25) is 0 Å². The van der Waals surface area contributed by atoms with Crippen molar-refractivity contribution in [2.75, 3.05) is 5.73 Å². The molecular formula is C10H10BrN3S2. The predicted molar refractivity (Wildman–Crippen MR) is 72.8 cm³/mol. The van der Waals surface area contributed by atoms with Crippen LogP contribution < -0.4 is 5.73 Å². The number of nitrogens with two attached hydrogens (primary N) is 1. The van der Waals surface area contributed by atoms with E-state index < -0.39 is 0 Å². The summed E-state index contributed by atoms with van der Waals surface area (Å²) in [7, 11) is 0. The number of aromatic nitrogens is 2. The second kappa shape index (κ2) is 5.16. The molecule has 0 atom stereocenters. The zero-order valence-corrected chi connectivity index (χ0v) is 11.8. The number of aryl methyl sites for hydroxylation is 1. The van der Waals surface area contributed by atoms with Crippen molar-refractivity contribution in [2.24, 2.45) is 0 Å². The van der Waals surface area contributed by atoms with Gasteiger partial charge in [-0.25, -0.2) is 4.98 Å². The summed E-state index contributed by atoms with van der Waals surface area (Å²) >= 11 is 6.62. The first-order chi connectivity index (χ1) is 7.65. The van der Waals surface area contributed by atoms with Crippen LogP contribution in [-0.2, 0) is 5.75 Å². The number of pyridine rings is 1. The fraction of sp³-hybridized carbons (Fsp3) is 0.200. The Morgan fingerprint density at radius 3 is 2.88 bits per heavy atom. The Morgan fingerprint density at radius 2 is 2.31 bits per heavy atom. The molecule has 0 aliphatic carbocycles. The molecule has 0 radical (unpaired) electrons. The monoisotopic (exact) mass is 315 g/mol. The zero-order chi connectivity index (χ0) is 11.5. The van der Waals surface area contributed by atoms with Crippen molar-refractivity contribution in [1.82, 2.24) is 9.97 Å². The number of hydrogen-bond acceptors (Lipinski definition) is 5.